The monoisotopic (exact) mass is 359 g/mol. The van der Waals surface area contributed by atoms with E-state index >= 15 is 0 Å². The second-order valence-corrected chi connectivity index (χ2v) is 6.75. The number of halogens is 1. The first-order valence-corrected chi connectivity index (χ1v) is 8.19. The van der Waals surface area contributed by atoms with Crippen molar-refractivity contribution in [2.24, 2.45) is 0 Å². The highest BCUT2D eigenvalue weighted by molar-refractivity contribution is 5.92. The molecule has 0 fully saturated rings. The van der Waals surface area contributed by atoms with Gasteiger partial charge in [0.2, 0.25) is 0 Å². The molecule has 0 aromatic heterocycles. The lowest BCUT2D eigenvalue weighted by atomic mass is 9.86. The fourth-order valence-corrected chi connectivity index (χ4v) is 2.27. The van der Waals surface area contributed by atoms with Gasteiger partial charge in [0.15, 0.2) is 13.2 Å². The van der Waals surface area contributed by atoms with Crippen molar-refractivity contribution >= 4 is 17.6 Å². The summed E-state index contributed by atoms with van der Waals surface area (Å²) in [6.45, 7) is 5.41. The molecule has 0 heterocycles. The van der Waals surface area contributed by atoms with E-state index in [1.807, 2.05) is 39.0 Å². The number of nitrogens with one attached hydrogen (secondary N) is 1. The van der Waals surface area contributed by atoms with Gasteiger partial charge in [-0.25, -0.2) is 9.18 Å². The molecular formula is C20H22FNO4. The Kier molecular flexibility index (Phi) is 6.33. The number of para-hydroxylation sites is 1. The maximum Gasteiger partial charge on any atom is 0.344 e. The Labute approximate surface area is 152 Å². The molecule has 0 aliphatic rings. The highest BCUT2D eigenvalue weighted by atomic mass is 19.1. The lowest BCUT2D eigenvalue weighted by Gasteiger charge is -2.22. The topological polar surface area (TPSA) is 64.6 Å². The second-order valence-electron chi connectivity index (χ2n) is 6.75. The molecule has 6 heteroatoms. The quantitative estimate of drug-likeness (QED) is 0.799. The first-order valence-electron chi connectivity index (χ1n) is 8.19. The van der Waals surface area contributed by atoms with Crippen LogP contribution in [0.1, 0.15) is 26.3 Å². The Hall–Kier alpha value is -2.89. The summed E-state index contributed by atoms with van der Waals surface area (Å²) in [5.41, 5.74) is 1.26. The molecule has 0 aliphatic heterocycles. The highest BCUT2D eigenvalue weighted by Crippen LogP contribution is 2.30. The van der Waals surface area contributed by atoms with E-state index in [-0.39, 0.29) is 12.0 Å². The van der Waals surface area contributed by atoms with E-state index < -0.39 is 24.3 Å². The minimum absolute atomic E-state index is 0.129. The summed E-state index contributed by atoms with van der Waals surface area (Å²) < 4.78 is 23.2. The van der Waals surface area contributed by atoms with E-state index in [0.29, 0.717) is 11.4 Å². The van der Waals surface area contributed by atoms with Gasteiger partial charge >= 0.3 is 5.97 Å². The van der Waals surface area contributed by atoms with Gasteiger partial charge in [-0.05, 0) is 41.3 Å². The van der Waals surface area contributed by atoms with Gasteiger partial charge in [0, 0.05) is 5.69 Å². The molecule has 1 amide bonds. The maximum absolute atomic E-state index is 12.8. The van der Waals surface area contributed by atoms with Crippen molar-refractivity contribution in [3.63, 3.8) is 0 Å². The van der Waals surface area contributed by atoms with Crippen LogP contribution in [0, 0.1) is 5.82 Å². The highest BCUT2D eigenvalue weighted by Gasteiger charge is 2.19. The van der Waals surface area contributed by atoms with Crippen LogP contribution in [0.4, 0.5) is 10.1 Å². The van der Waals surface area contributed by atoms with Crippen molar-refractivity contribution in [3.8, 4) is 5.75 Å². The molecule has 5 nitrogen and oxygen atoms in total. The third kappa shape index (κ3) is 5.88. The summed E-state index contributed by atoms with van der Waals surface area (Å²) in [6.07, 6.45) is 0. The molecule has 2 rings (SSSR count). The summed E-state index contributed by atoms with van der Waals surface area (Å²) in [5, 5.41) is 2.50. The van der Waals surface area contributed by atoms with Crippen LogP contribution in [0.15, 0.2) is 48.5 Å². The number of hydrogen-bond acceptors (Lipinski definition) is 4. The number of amides is 1. The van der Waals surface area contributed by atoms with E-state index in [1.165, 1.54) is 24.3 Å². The fraction of sp³-hybridized carbons (Fsp3) is 0.300. The van der Waals surface area contributed by atoms with E-state index in [0.717, 1.165) is 5.56 Å². The number of carbonyl (C=O) groups is 2. The third-order valence-corrected chi connectivity index (χ3v) is 3.53. The average molecular weight is 359 g/mol. The molecular weight excluding hydrogens is 337 g/mol. The summed E-state index contributed by atoms with van der Waals surface area (Å²) in [7, 11) is 0. The Morgan fingerprint density at radius 2 is 1.65 bits per heavy atom. The molecule has 2 aromatic carbocycles. The molecule has 26 heavy (non-hydrogen) atoms. The van der Waals surface area contributed by atoms with Gasteiger partial charge in [-0.15, -0.1) is 0 Å². The maximum atomic E-state index is 12.8. The molecule has 0 unspecified atom stereocenters. The van der Waals surface area contributed by atoms with Crippen LogP contribution in [0.2, 0.25) is 0 Å². The number of hydrogen-bond donors (Lipinski definition) is 1. The van der Waals surface area contributed by atoms with Crippen molar-refractivity contribution in [1.82, 2.24) is 0 Å². The van der Waals surface area contributed by atoms with Crippen LogP contribution >= 0.6 is 0 Å². The largest absolute Gasteiger partial charge is 0.482 e. The van der Waals surface area contributed by atoms with E-state index in [1.54, 1.807) is 6.07 Å². The SMILES string of the molecule is CC(C)(C)c1ccccc1OCC(=O)OCC(=O)Nc1ccc(F)cc1. The molecule has 1 N–H and O–H groups in total. The summed E-state index contributed by atoms with van der Waals surface area (Å²) in [5.74, 6) is -0.960. The second kappa shape index (κ2) is 8.47. The third-order valence-electron chi connectivity index (χ3n) is 3.53. The Balaban J connectivity index is 1.81. The normalized spacial score (nSPS) is 10.9. The van der Waals surface area contributed by atoms with Crippen LogP contribution in [0.5, 0.6) is 5.75 Å². The van der Waals surface area contributed by atoms with Crippen molar-refractivity contribution in [3.05, 3.63) is 59.9 Å². The summed E-state index contributed by atoms with van der Waals surface area (Å²) in [6, 6.07) is 12.7. The minimum atomic E-state index is -0.650. The van der Waals surface area contributed by atoms with Gasteiger partial charge in [0.05, 0.1) is 0 Å². The standard InChI is InChI=1S/C20H22FNO4/c1-20(2,3)16-6-4-5-7-17(16)25-13-19(24)26-12-18(23)22-15-10-8-14(21)9-11-15/h4-11H,12-13H2,1-3H3,(H,22,23). The van der Waals surface area contributed by atoms with E-state index in [9.17, 15) is 14.0 Å². The van der Waals surface area contributed by atoms with Crippen LogP contribution in [0.25, 0.3) is 0 Å². The molecule has 0 spiro atoms. The minimum Gasteiger partial charge on any atom is -0.482 e. The fourth-order valence-electron chi connectivity index (χ4n) is 2.27. The van der Waals surface area contributed by atoms with Crippen LogP contribution in [-0.2, 0) is 19.7 Å². The van der Waals surface area contributed by atoms with Crippen molar-refractivity contribution < 1.29 is 23.5 Å². The van der Waals surface area contributed by atoms with Gasteiger partial charge in [0.25, 0.3) is 5.91 Å². The zero-order valence-corrected chi connectivity index (χ0v) is 15.0. The van der Waals surface area contributed by atoms with Crippen molar-refractivity contribution in [2.75, 3.05) is 18.5 Å². The van der Waals surface area contributed by atoms with Gasteiger partial charge in [-0.2, -0.15) is 0 Å². The number of ether oxygens (including phenoxy) is 2. The Morgan fingerprint density at radius 3 is 2.31 bits per heavy atom. The van der Waals surface area contributed by atoms with E-state index in [2.05, 4.69) is 5.32 Å². The zero-order valence-electron chi connectivity index (χ0n) is 15.0. The van der Waals surface area contributed by atoms with Gasteiger partial charge in [-0.1, -0.05) is 39.0 Å². The first kappa shape index (κ1) is 19.4. The van der Waals surface area contributed by atoms with Crippen LogP contribution in [-0.4, -0.2) is 25.1 Å². The number of anilines is 1. The molecule has 0 radical (unpaired) electrons. The predicted molar refractivity (Wildman–Crippen MR) is 96.6 cm³/mol. The average Bonchev–Trinajstić information content (AvgIpc) is 2.59. The molecule has 0 atom stereocenters. The van der Waals surface area contributed by atoms with Crippen LogP contribution in [0.3, 0.4) is 0 Å². The first-order chi connectivity index (χ1) is 12.3. The molecule has 0 saturated heterocycles. The number of rotatable bonds is 6. The number of carbonyl (C=O) groups excluding carboxylic acids is 2. The molecule has 2 aromatic rings. The van der Waals surface area contributed by atoms with Crippen LogP contribution < -0.4 is 10.1 Å². The predicted octanol–water partition coefficient (Wildman–Crippen LogP) is 3.68. The van der Waals surface area contributed by atoms with Gasteiger partial charge in [0.1, 0.15) is 11.6 Å². The Morgan fingerprint density at radius 1 is 1.00 bits per heavy atom. The molecule has 0 saturated carbocycles. The molecule has 0 bridgehead atoms. The van der Waals surface area contributed by atoms with E-state index in [4.69, 9.17) is 9.47 Å². The van der Waals surface area contributed by atoms with Gasteiger partial charge < -0.3 is 14.8 Å². The zero-order chi connectivity index (χ0) is 19.2. The van der Waals surface area contributed by atoms with Crippen molar-refractivity contribution in [1.29, 1.82) is 0 Å². The summed E-state index contributed by atoms with van der Waals surface area (Å²) >= 11 is 0. The van der Waals surface area contributed by atoms with Gasteiger partial charge in [-0.3, -0.25) is 4.79 Å². The van der Waals surface area contributed by atoms with Crippen molar-refractivity contribution in [2.45, 2.75) is 26.2 Å². The Bertz CT molecular complexity index is 766. The molecule has 138 valence electrons. The summed E-state index contributed by atoms with van der Waals surface area (Å²) in [4.78, 5) is 23.5. The number of esters is 1. The lowest BCUT2D eigenvalue weighted by Crippen LogP contribution is -2.24. The lowest BCUT2D eigenvalue weighted by molar-refractivity contribution is -0.149. The molecule has 0 aliphatic carbocycles. The smallest absolute Gasteiger partial charge is 0.344 e. The number of benzene rings is 2.